The number of aromatic nitrogens is 4. The summed E-state index contributed by atoms with van der Waals surface area (Å²) in [5, 5.41) is 4.01. The minimum atomic E-state index is -0.643. The minimum Gasteiger partial charge on any atom is -0.382 e. The molecule has 37 heavy (non-hydrogen) atoms. The van der Waals surface area contributed by atoms with Crippen molar-refractivity contribution in [3.05, 3.63) is 77.1 Å². The lowest BCUT2D eigenvalue weighted by molar-refractivity contribution is 0.0738. The van der Waals surface area contributed by atoms with Gasteiger partial charge in [0.25, 0.3) is 5.91 Å². The average Bonchev–Trinajstić information content (AvgIpc) is 3.53. The molecule has 2 aromatic carbocycles. The third kappa shape index (κ3) is 3.74. The molecule has 1 aliphatic heterocycles. The molecule has 0 aliphatic carbocycles. The van der Waals surface area contributed by atoms with Crippen LogP contribution in [0.3, 0.4) is 0 Å². The van der Waals surface area contributed by atoms with Crippen LogP contribution in [0.5, 0.6) is 0 Å². The fourth-order valence-electron chi connectivity index (χ4n) is 4.99. The number of halogens is 1. The molecule has 0 radical (unpaired) electrons. The van der Waals surface area contributed by atoms with E-state index >= 15 is 4.39 Å². The van der Waals surface area contributed by atoms with Crippen LogP contribution in [-0.4, -0.2) is 43.1 Å². The summed E-state index contributed by atoms with van der Waals surface area (Å²) in [4.78, 5) is 23.7. The van der Waals surface area contributed by atoms with E-state index in [9.17, 15) is 4.79 Å². The Morgan fingerprint density at radius 2 is 2.05 bits per heavy atom. The average molecular weight is 517 g/mol. The van der Waals surface area contributed by atoms with Crippen molar-refractivity contribution in [1.29, 1.82) is 0 Å². The molecule has 10 heteroatoms. The zero-order valence-electron chi connectivity index (χ0n) is 20.8. The topological polar surface area (TPSA) is 103 Å². The molecule has 2 N–H and O–H groups in total. The van der Waals surface area contributed by atoms with Crippen LogP contribution in [0.4, 0.5) is 10.2 Å². The molecule has 0 spiro atoms. The molecular weight excluding hydrogens is 491 g/mol. The van der Waals surface area contributed by atoms with Crippen molar-refractivity contribution in [2.45, 2.75) is 31.6 Å². The van der Waals surface area contributed by atoms with Crippen LogP contribution in [0.25, 0.3) is 27.9 Å². The molecule has 6 rings (SSSR count). The number of hydrogen-bond acceptors (Lipinski definition) is 7. The number of amides is 1. The molecule has 8 nitrogen and oxygen atoms in total. The number of rotatable bonds is 3. The third-order valence-electron chi connectivity index (χ3n) is 7.06. The van der Waals surface area contributed by atoms with Crippen molar-refractivity contribution in [2.24, 2.45) is 0 Å². The van der Waals surface area contributed by atoms with Gasteiger partial charge in [0.15, 0.2) is 5.76 Å². The maximum atomic E-state index is 15.2. The Hall–Kier alpha value is -3.92. The SMILES string of the molecule is Cc1cc(-c2ccc3c(c2)C(C)(C)SC[C@H]3N(C)C(=O)c2cc3c(cc2F)nc(N)c2cncn23)on1. The summed E-state index contributed by atoms with van der Waals surface area (Å²) in [6.45, 7) is 6.22. The molecule has 0 unspecified atom stereocenters. The van der Waals surface area contributed by atoms with E-state index in [0.717, 1.165) is 22.4 Å². The van der Waals surface area contributed by atoms with Gasteiger partial charge in [0.05, 0.1) is 40.9 Å². The third-order valence-corrected chi connectivity index (χ3v) is 8.48. The zero-order chi connectivity index (χ0) is 26.1. The van der Waals surface area contributed by atoms with Gasteiger partial charge in [-0.1, -0.05) is 17.3 Å². The van der Waals surface area contributed by atoms with Gasteiger partial charge in [-0.25, -0.2) is 14.4 Å². The molecule has 0 fully saturated rings. The predicted octanol–water partition coefficient (Wildman–Crippen LogP) is 5.36. The van der Waals surface area contributed by atoms with Crippen molar-refractivity contribution in [3.8, 4) is 11.3 Å². The molecule has 0 saturated carbocycles. The second-order valence-electron chi connectivity index (χ2n) is 9.85. The predicted molar refractivity (Wildman–Crippen MR) is 142 cm³/mol. The Bertz CT molecular complexity index is 1710. The van der Waals surface area contributed by atoms with E-state index in [4.69, 9.17) is 10.3 Å². The monoisotopic (exact) mass is 516 g/mol. The van der Waals surface area contributed by atoms with Crippen molar-refractivity contribution in [2.75, 3.05) is 18.5 Å². The number of anilines is 1. The van der Waals surface area contributed by atoms with Gasteiger partial charge in [-0.05, 0) is 44.0 Å². The van der Waals surface area contributed by atoms with Crippen LogP contribution in [0, 0.1) is 12.7 Å². The summed E-state index contributed by atoms with van der Waals surface area (Å²) in [6.07, 6.45) is 3.17. The summed E-state index contributed by atoms with van der Waals surface area (Å²) < 4.78 is 22.3. The normalized spacial score (nSPS) is 16.7. The number of imidazole rings is 1. The maximum Gasteiger partial charge on any atom is 0.257 e. The Morgan fingerprint density at radius 3 is 2.81 bits per heavy atom. The Kier molecular flexibility index (Phi) is 5.27. The summed E-state index contributed by atoms with van der Waals surface area (Å²) in [6, 6.07) is 10.6. The zero-order valence-corrected chi connectivity index (χ0v) is 21.6. The Morgan fingerprint density at radius 1 is 1.24 bits per heavy atom. The van der Waals surface area contributed by atoms with Crippen LogP contribution in [0.2, 0.25) is 0 Å². The maximum absolute atomic E-state index is 15.2. The van der Waals surface area contributed by atoms with Crippen molar-refractivity contribution in [3.63, 3.8) is 0 Å². The van der Waals surface area contributed by atoms with Crippen LogP contribution in [0.15, 0.2) is 53.4 Å². The number of benzene rings is 2. The fraction of sp³-hybridized carbons (Fsp3) is 0.259. The highest BCUT2D eigenvalue weighted by molar-refractivity contribution is 8.00. The first kappa shape index (κ1) is 23.5. The summed E-state index contributed by atoms with van der Waals surface area (Å²) >= 11 is 1.76. The number of thioether (sulfide) groups is 1. The van der Waals surface area contributed by atoms with E-state index in [1.54, 1.807) is 40.6 Å². The van der Waals surface area contributed by atoms with Gasteiger partial charge < -0.3 is 15.2 Å². The standard InChI is InChI=1S/C27H25FN6O2S/c1-14-7-24(36-32-14)15-5-6-16-18(8-15)27(2,3)37-12-23(16)33(4)26(35)17-9-21-20(10-19(17)28)31-25(29)22-11-30-13-34(21)22/h5-11,13,23H,12H2,1-4H3,(H2,29,31)/t23-/m1/s1. The van der Waals surface area contributed by atoms with Gasteiger partial charge >= 0.3 is 0 Å². The lowest BCUT2D eigenvalue weighted by Crippen LogP contribution is -2.37. The lowest BCUT2D eigenvalue weighted by atomic mass is 9.89. The number of carbonyl (C=O) groups is 1. The number of fused-ring (bicyclic) bond motifs is 4. The highest BCUT2D eigenvalue weighted by atomic mass is 32.2. The molecule has 3 aromatic heterocycles. The summed E-state index contributed by atoms with van der Waals surface area (Å²) in [5.74, 6) is 0.582. The Balaban J connectivity index is 1.40. The number of aryl methyl sites for hydroxylation is 1. The van der Waals surface area contributed by atoms with Gasteiger partial charge in [-0.15, -0.1) is 11.8 Å². The first-order chi connectivity index (χ1) is 17.6. The smallest absolute Gasteiger partial charge is 0.257 e. The molecule has 5 aromatic rings. The molecule has 1 atom stereocenters. The number of nitrogen functional groups attached to an aromatic ring is 1. The quantitative estimate of drug-likeness (QED) is 0.344. The number of hydrogen-bond donors (Lipinski definition) is 1. The highest BCUT2D eigenvalue weighted by Gasteiger charge is 2.37. The second-order valence-corrected chi connectivity index (χ2v) is 11.5. The molecular formula is C27H25FN6O2S. The first-order valence-electron chi connectivity index (χ1n) is 11.8. The van der Waals surface area contributed by atoms with E-state index in [-0.39, 0.29) is 22.2 Å². The van der Waals surface area contributed by atoms with Crippen molar-refractivity contribution >= 4 is 40.0 Å². The minimum absolute atomic E-state index is 0.0262. The highest BCUT2D eigenvalue weighted by Crippen LogP contribution is 2.48. The van der Waals surface area contributed by atoms with Gasteiger partial charge in [0.2, 0.25) is 0 Å². The van der Waals surface area contributed by atoms with Gasteiger partial charge in [-0.3, -0.25) is 9.20 Å². The fourth-order valence-corrected chi connectivity index (χ4v) is 6.30. The van der Waals surface area contributed by atoms with Gasteiger partial charge in [0.1, 0.15) is 17.2 Å². The molecule has 1 amide bonds. The molecule has 0 saturated heterocycles. The van der Waals surface area contributed by atoms with E-state index in [1.165, 1.54) is 12.1 Å². The van der Waals surface area contributed by atoms with Crippen LogP contribution >= 0.6 is 11.8 Å². The molecule has 4 heterocycles. The van der Waals surface area contributed by atoms with E-state index in [1.807, 2.05) is 25.1 Å². The van der Waals surface area contributed by atoms with E-state index in [0.29, 0.717) is 28.1 Å². The largest absolute Gasteiger partial charge is 0.382 e. The first-order valence-corrected chi connectivity index (χ1v) is 12.8. The summed E-state index contributed by atoms with van der Waals surface area (Å²) in [7, 11) is 1.72. The summed E-state index contributed by atoms with van der Waals surface area (Å²) in [5.41, 5.74) is 11.4. The second kappa shape index (κ2) is 8.31. The number of nitrogens with zero attached hydrogens (tertiary/aromatic N) is 5. The molecule has 1 aliphatic rings. The van der Waals surface area contributed by atoms with Crippen LogP contribution in [-0.2, 0) is 4.75 Å². The van der Waals surface area contributed by atoms with E-state index < -0.39 is 11.7 Å². The van der Waals surface area contributed by atoms with Crippen LogP contribution in [0.1, 0.15) is 47.1 Å². The molecule has 0 bridgehead atoms. The number of carbonyl (C=O) groups excluding carboxylic acids is 1. The lowest BCUT2D eigenvalue weighted by Gasteiger charge is -2.40. The van der Waals surface area contributed by atoms with Crippen molar-refractivity contribution < 1.29 is 13.7 Å². The van der Waals surface area contributed by atoms with Crippen LogP contribution < -0.4 is 5.73 Å². The van der Waals surface area contributed by atoms with E-state index in [2.05, 4.69) is 35.0 Å². The van der Waals surface area contributed by atoms with Crippen molar-refractivity contribution in [1.82, 2.24) is 24.4 Å². The Labute approximate surface area is 216 Å². The number of nitrogens with two attached hydrogens (primary N) is 1. The van der Waals surface area contributed by atoms with Gasteiger partial charge in [-0.2, -0.15) is 0 Å². The van der Waals surface area contributed by atoms with Gasteiger partial charge in [0, 0.05) is 35.2 Å². The molecule has 188 valence electrons.